The quantitative estimate of drug-likeness (QED) is 0.768. The Bertz CT molecular complexity index is 505. The third kappa shape index (κ3) is 4.08. The van der Waals surface area contributed by atoms with Gasteiger partial charge in [-0.3, -0.25) is 0 Å². The third-order valence-electron chi connectivity index (χ3n) is 5.60. The molecule has 0 bridgehead atoms. The lowest BCUT2D eigenvalue weighted by atomic mass is 9.87. The van der Waals surface area contributed by atoms with Gasteiger partial charge in [-0.05, 0) is 44.6 Å². The molecule has 0 radical (unpaired) electrons. The molecule has 0 aliphatic heterocycles. The average Bonchev–Trinajstić information content (AvgIpc) is 2.83. The molecule has 23 heavy (non-hydrogen) atoms. The smallest absolute Gasteiger partial charge is 0.125 e. The van der Waals surface area contributed by atoms with Crippen LogP contribution in [-0.2, 0) is 6.42 Å². The number of nitrogens with zero attached hydrogens (tertiary/aromatic N) is 2. The lowest BCUT2D eigenvalue weighted by Crippen LogP contribution is -2.43. The highest BCUT2D eigenvalue weighted by molar-refractivity contribution is 5.07. The van der Waals surface area contributed by atoms with Crippen molar-refractivity contribution in [2.24, 2.45) is 11.8 Å². The van der Waals surface area contributed by atoms with Crippen LogP contribution in [0.15, 0.2) is 12.3 Å². The van der Waals surface area contributed by atoms with E-state index in [0.717, 1.165) is 24.4 Å². The van der Waals surface area contributed by atoms with E-state index in [-0.39, 0.29) is 24.5 Å². The summed E-state index contributed by atoms with van der Waals surface area (Å²) in [4.78, 5) is 8.67. The molecule has 0 saturated heterocycles. The van der Waals surface area contributed by atoms with Crippen molar-refractivity contribution in [1.82, 2.24) is 15.3 Å². The number of nitrogens with one attached hydrogen (secondary N) is 1. The SMILES string of the molecule is Cc1nccc(CC2C(NC3CCCCC3)CC(O)C2CO)n1. The Hall–Kier alpha value is -1.04. The van der Waals surface area contributed by atoms with Crippen molar-refractivity contribution in [2.45, 2.75) is 70.1 Å². The fraction of sp³-hybridized carbons (Fsp3) is 0.778. The van der Waals surface area contributed by atoms with Crippen molar-refractivity contribution in [3.8, 4) is 0 Å². The van der Waals surface area contributed by atoms with Gasteiger partial charge in [0.05, 0.1) is 6.10 Å². The van der Waals surface area contributed by atoms with Crippen LogP contribution in [0, 0.1) is 18.8 Å². The van der Waals surface area contributed by atoms with Crippen molar-refractivity contribution in [3.63, 3.8) is 0 Å². The molecule has 0 aromatic carbocycles. The molecule has 3 rings (SSSR count). The van der Waals surface area contributed by atoms with E-state index in [1.165, 1.54) is 32.1 Å². The number of hydrogen-bond acceptors (Lipinski definition) is 5. The molecule has 4 atom stereocenters. The molecular weight excluding hydrogens is 290 g/mol. The van der Waals surface area contributed by atoms with Crippen LogP contribution in [0.4, 0.5) is 0 Å². The molecule has 5 nitrogen and oxygen atoms in total. The molecule has 1 aromatic heterocycles. The molecule has 0 spiro atoms. The van der Waals surface area contributed by atoms with Crippen molar-refractivity contribution in [2.75, 3.05) is 6.61 Å². The van der Waals surface area contributed by atoms with E-state index < -0.39 is 6.10 Å². The monoisotopic (exact) mass is 319 g/mol. The van der Waals surface area contributed by atoms with Gasteiger partial charge in [0.2, 0.25) is 0 Å². The molecule has 3 N–H and O–H groups in total. The van der Waals surface area contributed by atoms with Crippen LogP contribution in [0.3, 0.4) is 0 Å². The van der Waals surface area contributed by atoms with E-state index in [1.807, 2.05) is 13.0 Å². The van der Waals surface area contributed by atoms with E-state index in [0.29, 0.717) is 6.04 Å². The van der Waals surface area contributed by atoms with E-state index >= 15 is 0 Å². The Morgan fingerprint density at radius 1 is 1.22 bits per heavy atom. The van der Waals surface area contributed by atoms with Gasteiger partial charge in [0.1, 0.15) is 5.82 Å². The number of aliphatic hydroxyl groups is 2. The number of rotatable bonds is 5. The van der Waals surface area contributed by atoms with Crippen molar-refractivity contribution >= 4 is 0 Å². The first-order chi connectivity index (χ1) is 11.2. The summed E-state index contributed by atoms with van der Waals surface area (Å²) in [6.07, 6.45) is 9.29. The molecule has 1 heterocycles. The van der Waals surface area contributed by atoms with E-state index in [4.69, 9.17) is 0 Å². The van der Waals surface area contributed by atoms with Crippen LogP contribution in [0.1, 0.15) is 50.0 Å². The fourth-order valence-electron chi connectivity index (χ4n) is 4.37. The summed E-state index contributed by atoms with van der Waals surface area (Å²) in [7, 11) is 0. The summed E-state index contributed by atoms with van der Waals surface area (Å²) < 4.78 is 0. The molecule has 2 saturated carbocycles. The first kappa shape index (κ1) is 16.8. The first-order valence-corrected chi connectivity index (χ1v) is 9.01. The minimum atomic E-state index is -0.422. The summed E-state index contributed by atoms with van der Waals surface area (Å²) in [6.45, 7) is 1.94. The van der Waals surface area contributed by atoms with E-state index in [1.54, 1.807) is 6.20 Å². The molecule has 2 aliphatic rings. The maximum atomic E-state index is 10.4. The van der Waals surface area contributed by atoms with Gasteiger partial charge in [0.15, 0.2) is 0 Å². The third-order valence-corrected chi connectivity index (χ3v) is 5.60. The van der Waals surface area contributed by atoms with Crippen molar-refractivity contribution < 1.29 is 10.2 Å². The second-order valence-corrected chi connectivity index (χ2v) is 7.22. The van der Waals surface area contributed by atoms with E-state index in [9.17, 15) is 10.2 Å². The molecule has 2 aliphatic carbocycles. The normalized spacial score (nSPS) is 32.3. The molecule has 1 aromatic rings. The number of aromatic nitrogens is 2. The molecule has 4 unspecified atom stereocenters. The lowest BCUT2D eigenvalue weighted by molar-refractivity contribution is 0.0715. The highest BCUT2D eigenvalue weighted by Crippen LogP contribution is 2.35. The maximum absolute atomic E-state index is 10.4. The van der Waals surface area contributed by atoms with Gasteiger partial charge in [0, 0.05) is 36.5 Å². The molecule has 0 amide bonds. The average molecular weight is 319 g/mol. The fourth-order valence-corrected chi connectivity index (χ4v) is 4.37. The second-order valence-electron chi connectivity index (χ2n) is 7.22. The van der Waals surface area contributed by atoms with E-state index in [2.05, 4.69) is 15.3 Å². The summed E-state index contributed by atoms with van der Waals surface area (Å²) in [5.74, 6) is 0.941. The minimum absolute atomic E-state index is 0.0404. The Labute approximate surface area is 138 Å². The van der Waals surface area contributed by atoms with Crippen LogP contribution in [0.5, 0.6) is 0 Å². The Morgan fingerprint density at radius 3 is 2.70 bits per heavy atom. The molecular formula is C18H29N3O2. The Balaban J connectivity index is 1.71. The summed E-state index contributed by atoms with van der Waals surface area (Å²) in [5, 5.41) is 23.9. The summed E-state index contributed by atoms with van der Waals surface area (Å²) in [5.41, 5.74) is 1.01. The van der Waals surface area contributed by atoms with Gasteiger partial charge in [0.25, 0.3) is 0 Å². The minimum Gasteiger partial charge on any atom is -0.396 e. The highest BCUT2D eigenvalue weighted by Gasteiger charge is 2.42. The highest BCUT2D eigenvalue weighted by atomic mass is 16.3. The van der Waals surface area contributed by atoms with Crippen LogP contribution in [0.2, 0.25) is 0 Å². The zero-order chi connectivity index (χ0) is 16.2. The first-order valence-electron chi connectivity index (χ1n) is 9.01. The maximum Gasteiger partial charge on any atom is 0.125 e. The van der Waals surface area contributed by atoms with Gasteiger partial charge in [-0.2, -0.15) is 0 Å². The summed E-state index contributed by atoms with van der Waals surface area (Å²) >= 11 is 0. The van der Waals surface area contributed by atoms with Gasteiger partial charge < -0.3 is 15.5 Å². The van der Waals surface area contributed by atoms with Gasteiger partial charge in [-0.15, -0.1) is 0 Å². The van der Waals surface area contributed by atoms with Crippen molar-refractivity contribution in [1.29, 1.82) is 0 Å². The molecule has 2 fully saturated rings. The zero-order valence-corrected chi connectivity index (χ0v) is 14.0. The predicted octanol–water partition coefficient (Wildman–Crippen LogP) is 1.61. The molecule has 128 valence electrons. The van der Waals surface area contributed by atoms with Gasteiger partial charge in [-0.1, -0.05) is 19.3 Å². The standard InChI is InChI=1S/C18H29N3O2/c1-12-19-8-7-14(20-12)9-15-16(11-22)18(23)10-17(15)21-13-5-3-2-4-6-13/h7-8,13,15-18,21-23H,2-6,9-11H2,1H3. The van der Waals surface area contributed by atoms with Crippen LogP contribution in [-0.4, -0.2) is 45.0 Å². The zero-order valence-electron chi connectivity index (χ0n) is 14.0. The summed E-state index contributed by atoms with van der Waals surface area (Å²) in [6, 6.07) is 2.78. The van der Waals surface area contributed by atoms with Crippen LogP contribution >= 0.6 is 0 Å². The number of aryl methyl sites for hydroxylation is 1. The topological polar surface area (TPSA) is 78.3 Å². The van der Waals surface area contributed by atoms with Crippen molar-refractivity contribution in [3.05, 3.63) is 23.8 Å². The largest absolute Gasteiger partial charge is 0.396 e. The Morgan fingerprint density at radius 2 is 2.00 bits per heavy atom. The number of aliphatic hydroxyl groups excluding tert-OH is 2. The predicted molar refractivity (Wildman–Crippen MR) is 89.0 cm³/mol. The Kier molecular flexibility index (Phi) is 5.62. The number of hydrogen-bond donors (Lipinski definition) is 3. The van der Waals surface area contributed by atoms with Gasteiger partial charge >= 0.3 is 0 Å². The lowest BCUT2D eigenvalue weighted by Gasteiger charge is -2.31. The van der Waals surface area contributed by atoms with Crippen LogP contribution in [0.25, 0.3) is 0 Å². The second kappa shape index (κ2) is 7.69. The van der Waals surface area contributed by atoms with Gasteiger partial charge in [-0.25, -0.2) is 9.97 Å². The van der Waals surface area contributed by atoms with Crippen LogP contribution < -0.4 is 5.32 Å². The molecule has 5 heteroatoms.